The van der Waals surface area contributed by atoms with Gasteiger partial charge >= 0.3 is 0 Å². The summed E-state index contributed by atoms with van der Waals surface area (Å²) in [5, 5.41) is 9.86. The highest BCUT2D eigenvalue weighted by molar-refractivity contribution is 5.31. The number of ether oxygens (including phenoxy) is 1. The van der Waals surface area contributed by atoms with Crippen molar-refractivity contribution in [2.24, 2.45) is 0 Å². The van der Waals surface area contributed by atoms with Crippen molar-refractivity contribution in [3.8, 4) is 0 Å². The zero-order valence-corrected chi connectivity index (χ0v) is 11.8. The predicted octanol–water partition coefficient (Wildman–Crippen LogP) is 3.25. The molecule has 2 atom stereocenters. The van der Waals surface area contributed by atoms with E-state index in [4.69, 9.17) is 4.74 Å². The molecule has 106 valence electrons. The van der Waals surface area contributed by atoms with Gasteiger partial charge in [-0.25, -0.2) is 0 Å². The molecule has 1 aromatic heterocycles. The molecule has 1 aliphatic heterocycles. The van der Waals surface area contributed by atoms with Crippen LogP contribution in [0.1, 0.15) is 42.2 Å². The Morgan fingerprint density at radius 3 is 3.05 bits per heavy atom. The highest BCUT2D eigenvalue weighted by Gasteiger charge is 2.20. The van der Waals surface area contributed by atoms with Gasteiger partial charge in [-0.1, -0.05) is 31.2 Å². The van der Waals surface area contributed by atoms with E-state index >= 15 is 0 Å². The molecule has 20 heavy (non-hydrogen) atoms. The minimum atomic E-state index is -0.365. The molecule has 2 aromatic rings. The van der Waals surface area contributed by atoms with E-state index in [-0.39, 0.29) is 12.2 Å². The van der Waals surface area contributed by atoms with Crippen molar-refractivity contribution >= 4 is 0 Å². The molecule has 0 aliphatic carbocycles. The van der Waals surface area contributed by atoms with Gasteiger partial charge in [0.05, 0.1) is 19.3 Å². The van der Waals surface area contributed by atoms with Crippen molar-refractivity contribution in [1.82, 2.24) is 4.57 Å². The monoisotopic (exact) mass is 271 g/mol. The lowest BCUT2D eigenvalue weighted by molar-refractivity contribution is 0.0306. The second-order valence-electron chi connectivity index (χ2n) is 5.37. The molecule has 0 spiro atoms. The van der Waals surface area contributed by atoms with Crippen molar-refractivity contribution in [3.63, 3.8) is 0 Å². The molecule has 0 saturated heterocycles. The number of benzene rings is 1. The lowest BCUT2D eigenvalue weighted by atomic mass is 9.97. The minimum absolute atomic E-state index is 0.110. The van der Waals surface area contributed by atoms with Crippen LogP contribution in [0.3, 0.4) is 0 Å². The van der Waals surface area contributed by atoms with Gasteiger partial charge in [0.25, 0.3) is 0 Å². The number of fused-ring (bicyclic) bond motifs is 1. The fraction of sp³-hybridized carbons (Fsp3) is 0.412. The van der Waals surface area contributed by atoms with Crippen molar-refractivity contribution in [1.29, 1.82) is 0 Å². The summed E-state index contributed by atoms with van der Waals surface area (Å²) >= 11 is 0. The van der Waals surface area contributed by atoms with Crippen LogP contribution in [0.15, 0.2) is 42.7 Å². The summed E-state index contributed by atoms with van der Waals surface area (Å²) in [7, 11) is 0. The largest absolute Gasteiger partial charge is 0.388 e. The quantitative estimate of drug-likeness (QED) is 0.926. The van der Waals surface area contributed by atoms with E-state index in [1.165, 1.54) is 11.1 Å². The number of nitrogens with zero attached hydrogens (tertiary/aromatic N) is 1. The highest BCUT2D eigenvalue weighted by Crippen LogP contribution is 2.28. The zero-order valence-electron chi connectivity index (χ0n) is 11.8. The Morgan fingerprint density at radius 2 is 2.20 bits per heavy atom. The number of rotatable bonds is 4. The van der Waals surface area contributed by atoms with Gasteiger partial charge in [0.2, 0.25) is 0 Å². The second-order valence-corrected chi connectivity index (χ2v) is 5.37. The van der Waals surface area contributed by atoms with E-state index in [1.54, 1.807) is 0 Å². The minimum Gasteiger partial charge on any atom is -0.388 e. The zero-order chi connectivity index (χ0) is 13.9. The third-order valence-corrected chi connectivity index (χ3v) is 4.01. The van der Waals surface area contributed by atoms with Crippen molar-refractivity contribution in [2.75, 3.05) is 6.61 Å². The van der Waals surface area contributed by atoms with Crippen molar-refractivity contribution in [2.45, 2.75) is 38.5 Å². The SMILES string of the molecule is CCC(O)c1ccn(CC2OCCc3ccccc32)c1. The summed E-state index contributed by atoms with van der Waals surface area (Å²) < 4.78 is 8.03. The molecule has 3 nitrogen and oxygen atoms in total. The van der Waals surface area contributed by atoms with Crippen LogP contribution in [0.4, 0.5) is 0 Å². The van der Waals surface area contributed by atoms with Crippen LogP contribution in [0.25, 0.3) is 0 Å². The van der Waals surface area contributed by atoms with Gasteiger partial charge in [-0.15, -0.1) is 0 Å². The van der Waals surface area contributed by atoms with E-state index in [9.17, 15) is 5.11 Å². The summed E-state index contributed by atoms with van der Waals surface area (Å²) in [5.74, 6) is 0. The number of aliphatic hydroxyl groups excluding tert-OH is 1. The Balaban J connectivity index is 1.77. The molecule has 0 radical (unpaired) electrons. The lowest BCUT2D eigenvalue weighted by Crippen LogP contribution is -2.20. The second kappa shape index (κ2) is 5.81. The summed E-state index contributed by atoms with van der Waals surface area (Å²) in [6.45, 7) is 3.57. The first kappa shape index (κ1) is 13.4. The van der Waals surface area contributed by atoms with Crippen LogP contribution >= 0.6 is 0 Å². The molecule has 2 heterocycles. The van der Waals surface area contributed by atoms with Crippen molar-refractivity contribution in [3.05, 3.63) is 59.4 Å². The molecule has 1 aliphatic rings. The van der Waals surface area contributed by atoms with Gasteiger partial charge < -0.3 is 14.4 Å². The van der Waals surface area contributed by atoms with Gasteiger partial charge in [0.15, 0.2) is 0 Å². The number of aliphatic hydroxyl groups is 1. The average Bonchev–Trinajstić information content (AvgIpc) is 2.95. The molecule has 0 fully saturated rings. The standard InChI is InChI=1S/C17H21NO2/c1-2-16(19)14-7-9-18(11-14)12-17-15-6-4-3-5-13(15)8-10-20-17/h3-7,9,11,16-17,19H,2,8,10,12H2,1H3. The topological polar surface area (TPSA) is 34.4 Å². The Morgan fingerprint density at radius 1 is 1.35 bits per heavy atom. The van der Waals surface area contributed by atoms with E-state index in [0.717, 1.165) is 31.6 Å². The molecule has 3 heteroatoms. The Hall–Kier alpha value is -1.58. The predicted molar refractivity (Wildman–Crippen MR) is 78.5 cm³/mol. The van der Waals surface area contributed by atoms with Gasteiger partial charge in [0.1, 0.15) is 6.10 Å². The van der Waals surface area contributed by atoms with E-state index in [0.29, 0.717) is 0 Å². The van der Waals surface area contributed by atoms with Crippen LogP contribution in [-0.2, 0) is 17.7 Å². The number of hydrogen-bond acceptors (Lipinski definition) is 2. The van der Waals surface area contributed by atoms with Crippen LogP contribution in [0, 0.1) is 0 Å². The maximum Gasteiger partial charge on any atom is 0.101 e. The molecule has 0 amide bonds. The molecule has 2 unspecified atom stereocenters. The van der Waals surface area contributed by atoms with Crippen LogP contribution in [-0.4, -0.2) is 16.3 Å². The fourth-order valence-corrected chi connectivity index (χ4v) is 2.83. The molecule has 1 N–H and O–H groups in total. The Labute approximate surface area is 119 Å². The number of hydrogen-bond donors (Lipinski definition) is 1. The third-order valence-electron chi connectivity index (χ3n) is 4.01. The maximum absolute atomic E-state index is 9.86. The molecular weight excluding hydrogens is 250 g/mol. The summed E-state index contributed by atoms with van der Waals surface area (Å²) in [6, 6.07) is 10.5. The Kier molecular flexibility index (Phi) is 3.90. The van der Waals surface area contributed by atoms with Gasteiger partial charge in [-0.05, 0) is 35.6 Å². The highest BCUT2D eigenvalue weighted by atomic mass is 16.5. The molecule has 0 saturated carbocycles. The first-order chi connectivity index (χ1) is 9.78. The number of aromatic nitrogens is 1. The maximum atomic E-state index is 9.86. The molecule has 3 rings (SSSR count). The smallest absolute Gasteiger partial charge is 0.101 e. The lowest BCUT2D eigenvalue weighted by Gasteiger charge is -2.26. The summed E-state index contributed by atoms with van der Waals surface area (Å²) in [6.07, 6.45) is 5.53. The van der Waals surface area contributed by atoms with E-state index in [1.807, 2.05) is 25.4 Å². The molecular formula is C17H21NO2. The fourth-order valence-electron chi connectivity index (χ4n) is 2.83. The first-order valence-corrected chi connectivity index (χ1v) is 7.31. The summed E-state index contributed by atoms with van der Waals surface area (Å²) in [5.41, 5.74) is 3.67. The first-order valence-electron chi connectivity index (χ1n) is 7.31. The molecule has 0 bridgehead atoms. The van der Waals surface area contributed by atoms with Gasteiger partial charge in [-0.2, -0.15) is 0 Å². The van der Waals surface area contributed by atoms with E-state index < -0.39 is 0 Å². The third kappa shape index (κ3) is 2.65. The van der Waals surface area contributed by atoms with Crippen molar-refractivity contribution < 1.29 is 9.84 Å². The normalized spacial score (nSPS) is 19.6. The average molecular weight is 271 g/mol. The van der Waals surface area contributed by atoms with Crippen LogP contribution in [0.5, 0.6) is 0 Å². The van der Waals surface area contributed by atoms with Crippen LogP contribution in [0.2, 0.25) is 0 Å². The van der Waals surface area contributed by atoms with Gasteiger partial charge in [-0.3, -0.25) is 0 Å². The molecule has 1 aromatic carbocycles. The van der Waals surface area contributed by atoms with Gasteiger partial charge in [0, 0.05) is 12.4 Å². The van der Waals surface area contributed by atoms with Crippen LogP contribution < -0.4 is 0 Å². The Bertz CT molecular complexity index is 576. The van der Waals surface area contributed by atoms with E-state index in [2.05, 4.69) is 28.8 Å². The summed E-state index contributed by atoms with van der Waals surface area (Å²) in [4.78, 5) is 0.